The number of aliphatic imine (C=N–C) groups is 1. The van der Waals surface area contributed by atoms with E-state index in [4.69, 9.17) is 14.2 Å². The number of hydrogen-bond donors (Lipinski definition) is 0. The lowest BCUT2D eigenvalue weighted by molar-refractivity contribution is 0.00480. The summed E-state index contributed by atoms with van der Waals surface area (Å²) in [6.07, 6.45) is 1.50. The van der Waals surface area contributed by atoms with Crippen molar-refractivity contribution in [3.05, 3.63) is 89.5 Å². The first-order valence-corrected chi connectivity index (χ1v) is 11.0. The average Bonchev–Trinajstić information content (AvgIpc) is 2.83. The molecule has 6 heteroatoms. The predicted molar refractivity (Wildman–Crippen MR) is 132 cm³/mol. The normalized spacial score (nSPS) is 12.3. The van der Waals surface area contributed by atoms with E-state index < -0.39 is 11.9 Å². The van der Waals surface area contributed by atoms with Gasteiger partial charge in [-0.2, -0.15) is 0 Å². The van der Waals surface area contributed by atoms with E-state index in [0.717, 1.165) is 11.3 Å². The summed E-state index contributed by atoms with van der Waals surface area (Å²) in [5.41, 5.74) is 2.28. The van der Waals surface area contributed by atoms with Crippen LogP contribution in [0.3, 0.4) is 0 Å². The molecule has 34 heavy (non-hydrogen) atoms. The van der Waals surface area contributed by atoms with Crippen LogP contribution in [0.5, 0.6) is 11.5 Å². The Morgan fingerprint density at radius 1 is 0.794 bits per heavy atom. The molecule has 0 amide bonds. The van der Waals surface area contributed by atoms with Gasteiger partial charge in [0, 0.05) is 6.21 Å². The molecule has 0 N–H and O–H groups in total. The number of carbonyl (C=O) groups is 2. The number of hydrogen-bond acceptors (Lipinski definition) is 6. The molecule has 6 nitrogen and oxygen atoms in total. The van der Waals surface area contributed by atoms with Crippen LogP contribution >= 0.6 is 0 Å². The zero-order valence-corrected chi connectivity index (χ0v) is 20.1. The molecule has 0 aliphatic carbocycles. The van der Waals surface area contributed by atoms with E-state index in [1.165, 1.54) is 0 Å². The number of esters is 2. The second-order valence-corrected chi connectivity index (χ2v) is 8.91. The molecular weight excluding hydrogens is 430 g/mol. The summed E-state index contributed by atoms with van der Waals surface area (Å²) in [5, 5.41) is 0. The lowest BCUT2D eigenvalue weighted by atomic mass is 9.90. The molecule has 0 aliphatic heterocycles. The maximum atomic E-state index is 12.5. The minimum absolute atomic E-state index is 0.151. The highest BCUT2D eigenvalue weighted by atomic mass is 16.5. The Morgan fingerprint density at radius 2 is 1.32 bits per heavy atom. The molecule has 3 aromatic carbocycles. The molecular formula is C28H29NO5. The van der Waals surface area contributed by atoms with Crippen LogP contribution in [-0.4, -0.2) is 31.4 Å². The van der Waals surface area contributed by atoms with Gasteiger partial charge in [-0.1, -0.05) is 20.8 Å². The second-order valence-electron chi connectivity index (χ2n) is 8.91. The Kier molecular flexibility index (Phi) is 7.84. The SMILES string of the molecule is COc1ccc(C=Nc2ccc(C(=O)Oc3ccc(C(=O)OC(C)C(C)(C)C)cc3)cc2)cc1. The van der Waals surface area contributed by atoms with Gasteiger partial charge in [0.05, 0.1) is 23.9 Å². The van der Waals surface area contributed by atoms with E-state index in [0.29, 0.717) is 22.6 Å². The highest BCUT2D eigenvalue weighted by Crippen LogP contribution is 2.23. The number of methoxy groups -OCH3 is 1. The topological polar surface area (TPSA) is 74.2 Å². The highest BCUT2D eigenvalue weighted by molar-refractivity contribution is 5.92. The third-order valence-electron chi connectivity index (χ3n) is 5.39. The fourth-order valence-corrected chi connectivity index (χ4v) is 2.75. The van der Waals surface area contributed by atoms with Crippen LogP contribution in [0.2, 0.25) is 0 Å². The van der Waals surface area contributed by atoms with Crippen molar-refractivity contribution in [3.63, 3.8) is 0 Å². The summed E-state index contributed by atoms with van der Waals surface area (Å²) in [5.74, 6) is 0.213. The number of benzene rings is 3. The van der Waals surface area contributed by atoms with Crippen LogP contribution in [0, 0.1) is 5.41 Å². The highest BCUT2D eigenvalue weighted by Gasteiger charge is 2.24. The van der Waals surface area contributed by atoms with Crippen LogP contribution in [0.25, 0.3) is 0 Å². The largest absolute Gasteiger partial charge is 0.497 e. The number of carbonyl (C=O) groups excluding carboxylic acids is 2. The molecule has 3 rings (SSSR count). The van der Waals surface area contributed by atoms with Crippen molar-refractivity contribution in [1.82, 2.24) is 0 Å². The predicted octanol–water partition coefficient (Wildman–Crippen LogP) is 6.26. The first-order valence-electron chi connectivity index (χ1n) is 11.0. The fourth-order valence-electron chi connectivity index (χ4n) is 2.75. The van der Waals surface area contributed by atoms with E-state index in [2.05, 4.69) is 4.99 Å². The number of nitrogens with zero attached hydrogens (tertiary/aromatic N) is 1. The van der Waals surface area contributed by atoms with Gasteiger partial charge in [0.15, 0.2) is 0 Å². The van der Waals surface area contributed by atoms with Crippen LogP contribution in [-0.2, 0) is 4.74 Å². The van der Waals surface area contributed by atoms with Crippen molar-refractivity contribution >= 4 is 23.8 Å². The smallest absolute Gasteiger partial charge is 0.343 e. The Hall–Kier alpha value is -3.93. The third-order valence-corrected chi connectivity index (χ3v) is 5.39. The zero-order chi connectivity index (χ0) is 24.7. The zero-order valence-electron chi connectivity index (χ0n) is 20.1. The van der Waals surface area contributed by atoms with E-state index in [9.17, 15) is 9.59 Å². The Morgan fingerprint density at radius 3 is 1.88 bits per heavy atom. The molecule has 0 aromatic heterocycles. The van der Waals surface area contributed by atoms with Crippen LogP contribution in [0.1, 0.15) is 54.0 Å². The summed E-state index contributed by atoms with van der Waals surface area (Å²) in [6, 6.07) is 20.6. The van der Waals surface area contributed by atoms with Gasteiger partial charge in [-0.15, -0.1) is 0 Å². The van der Waals surface area contributed by atoms with Gasteiger partial charge in [-0.25, -0.2) is 9.59 Å². The lowest BCUT2D eigenvalue weighted by Crippen LogP contribution is -2.28. The van der Waals surface area contributed by atoms with E-state index >= 15 is 0 Å². The molecule has 0 heterocycles. The molecule has 1 atom stereocenters. The van der Waals surface area contributed by atoms with Gasteiger partial charge in [-0.05, 0) is 90.7 Å². The Labute approximate surface area is 200 Å². The van der Waals surface area contributed by atoms with Crippen molar-refractivity contribution in [2.24, 2.45) is 10.4 Å². The van der Waals surface area contributed by atoms with Crippen LogP contribution in [0.15, 0.2) is 77.8 Å². The Bertz CT molecular complexity index is 1140. The molecule has 176 valence electrons. The molecule has 0 spiro atoms. The van der Waals surface area contributed by atoms with Crippen molar-refractivity contribution in [1.29, 1.82) is 0 Å². The standard InChI is InChI=1S/C28H29NO5/c1-19(28(2,3)4)33-26(30)22-10-16-25(17-11-22)34-27(31)21-8-12-23(13-9-21)29-18-20-6-14-24(32-5)15-7-20/h6-19H,1-5H3. The van der Waals surface area contributed by atoms with E-state index in [1.54, 1.807) is 61.9 Å². The summed E-state index contributed by atoms with van der Waals surface area (Å²) in [7, 11) is 1.62. The maximum Gasteiger partial charge on any atom is 0.343 e. The quantitative estimate of drug-likeness (QED) is 0.237. The molecule has 0 radical (unpaired) electrons. The van der Waals surface area contributed by atoms with Crippen molar-refractivity contribution in [3.8, 4) is 11.5 Å². The summed E-state index contributed by atoms with van der Waals surface area (Å²) in [4.78, 5) is 29.2. The van der Waals surface area contributed by atoms with Crippen LogP contribution < -0.4 is 9.47 Å². The van der Waals surface area contributed by atoms with Crippen molar-refractivity contribution in [2.75, 3.05) is 7.11 Å². The third kappa shape index (κ3) is 6.78. The molecule has 0 aliphatic rings. The van der Waals surface area contributed by atoms with Gasteiger partial charge >= 0.3 is 11.9 Å². The maximum absolute atomic E-state index is 12.5. The number of ether oxygens (including phenoxy) is 3. The van der Waals surface area contributed by atoms with Gasteiger partial charge in [0.2, 0.25) is 0 Å². The summed E-state index contributed by atoms with van der Waals surface area (Å²) in [6.45, 7) is 7.89. The minimum Gasteiger partial charge on any atom is -0.497 e. The molecule has 3 aromatic rings. The van der Waals surface area contributed by atoms with Crippen molar-refractivity contribution < 1.29 is 23.8 Å². The monoisotopic (exact) mass is 459 g/mol. The first-order chi connectivity index (χ1) is 16.2. The average molecular weight is 460 g/mol. The molecule has 0 saturated carbocycles. The van der Waals surface area contributed by atoms with E-state index in [-0.39, 0.29) is 11.5 Å². The Balaban J connectivity index is 1.57. The number of rotatable bonds is 7. The minimum atomic E-state index is -0.498. The molecule has 0 bridgehead atoms. The van der Waals surface area contributed by atoms with Crippen molar-refractivity contribution in [2.45, 2.75) is 33.8 Å². The van der Waals surface area contributed by atoms with Crippen LogP contribution in [0.4, 0.5) is 5.69 Å². The summed E-state index contributed by atoms with van der Waals surface area (Å²) < 4.78 is 16.1. The molecule has 0 fully saturated rings. The van der Waals surface area contributed by atoms with E-state index in [1.807, 2.05) is 52.0 Å². The molecule has 0 saturated heterocycles. The summed E-state index contributed by atoms with van der Waals surface area (Å²) >= 11 is 0. The van der Waals surface area contributed by atoms with Gasteiger partial charge in [0.1, 0.15) is 17.6 Å². The first kappa shape index (κ1) is 24.7. The van der Waals surface area contributed by atoms with Gasteiger partial charge in [0.25, 0.3) is 0 Å². The fraction of sp³-hybridized carbons (Fsp3) is 0.250. The second kappa shape index (κ2) is 10.8. The lowest BCUT2D eigenvalue weighted by Gasteiger charge is -2.26. The van der Waals surface area contributed by atoms with Gasteiger partial charge in [-0.3, -0.25) is 4.99 Å². The molecule has 1 unspecified atom stereocenters. The van der Waals surface area contributed by atoms with Gasteiger partial charge < -0.3 is 14.2 Å².